The Balaban J connectivity index is 1.42. The van der Waals surface area contributed by atoms with Crippen LogP contribution in [0.15, 0.2) is 24.3 Å². The van der Waals surface area contributed by atoms with E-state index in [4.69, 9.17) is 5.11 Å². The lowest BCUT2D eigenvalue weighted by atomic mass is 10.3. The zero-order valence-corrected chi connectivity index (χ0v) is 12.4. The number of aliphatic hydroxyl groups excluding tert-OH is 1. The van der Waals surface area contributed by atoms with Crippen molar-refractivity contribution < 1.29 is 5.11 Å². The molecule has 0 bridgehead atoms. The lowest BCUT2D eigenvalue weighted by Gasteiger charge is -2.34. The van der Waals surface area contributed by atoms with E-state index in [1.807, 2.05) is 29.1 Å². The third kappa shape index (κ3) is 3.78. The van der Waals surface area contributed by atoms with E-state index in [1.165, 1.54) is 0 Å². The van der Waals surface area contributed by atoms with Crippen LogP contribution < -0.4 is 0 Å². The number of fused-ring (bicyclic) bond motifs is 1. The Morgan fingerprint density at radius 3 is 2.00 bits per heavy atom. The molecule has 6 nitrogen and oxygen atoms in total. The zero-order valence-electron chi connectivity index (χ0n) is 12.4. The Bertz CT molecular complexity index is 529. The van der Waals surface area contributed by atoms with E-state index in [1.54, 1.807) is 0 Å². The van der Waals surface area contributed by atoms with E-state index in [2.05, 4.69) is 20.0 Å². The second-order valence-electron chi connectivity index (χ2n) is 5.55. The van der Waals surface area contributed by atoms with E-state index in [-0.39, 0.29) is 6.61 Å². The van der Waals surface area contributed by atoms with Crippen molar-refractivity contribution in [1.29, 1.82) is 0 Å². The molecule has 0 saturated carbocycles. The number of β-amino-alcohol motifs (C(OH)–C–C–N with tert-alkyl or cyclic N) is 1. The SMILES string of the molecule is OCCN1CCN(CCCn2nc3ccccc3n2)CC1. The summed E-state index contributed by atoms with van der Waals surface area (Å²) < 4.78 is 0. The molecule has 114 valence electrons. The quantitative estimate of drug-likeness (QED) is 0.836. The highest BCUT2D eigenvalue weighted by molar-refractivity contribution is 5.72. The van der Waals surface area contributed by atoms with E-state index in [9.17, 15) is 0 Å². The molecule has 6 heteroatoms. The largest absolute Gasteiger partial charge is 0.395 e. The molecule has 0 amide bonds. The fraction of sp³-hybridized carbons (Fsp3) is 0.600. The monoisotopic (exact) mass is 289 g/mol. The zero-order chi connectivity index (χ0) is 14.5. The minimum absolute atomic E-state index is 0.262. The summed E-state index contributed by atoms with van der Waals surface area (Å²) in [6.07, 6.45) is 1.07. The molecular weight excluding hydrogens is 266 g/mol. The van der Waals surface area contributed by atoms with Crippen LogP contribution in [0.2, 0.25) is 0 Å². The van der Waals surface area contributed by atoms with Gasteiger partial charge >= 0.3 is 0 Å². The van der Waals surface area contributed by atoms with Crippen LogP contribution in [0.3, 0.4) is 0 Å². The molecular formula is C15H23N5O. The maximum atomic E-state index is 8.94. The summed E-state index contributed by atoms with van der Waals surface area (Å²) in [6, 6.07) is 7.98. The van der Waals surface area contributed by atoms with Crippen molar-refractivity contribution in [2.45, 2.75) is 13.0 Å². The summed E-state index contributed by atoms with van der Waals surface area (Å²) in [7, 11) is 0. The molecule has 1 N–H and O–H groups in total. The maximum Gasteiger partial charge on any atom is 0.113 e. The number of nitrogens with zero attached hydrogens (tertiary/aromatic N) is 5. The third-order valence-electron chi connectivity index (χ3n) is 4.04. The highest BCUT2D eigenvalue weighted by Crippen LogP contribution is 2.08. The average molecular weight is 289 g/mol. The van der Waals surface area contributed by atoms with Gasteiger partial charge in [-0.25, -0.2) is 0 Å². The van der Waals surface area contributed by atoms with Gasteiger partial charge in [-0.1, -0.05) is 12.1 Å². The van der Waals surface area contributed by atoms with Crippen LogP contribution in [-0.2, 0) is 6.54 Å². The molecule has 1 saturated heterocycles. The predicted octanol–water partition coefficient (Wildman–Crippen LogP) is 0.431. The predicted molar refractivity (Wildman–Crippen MR) is 82.1 cm³/mol. The molecule has 0 aliphatic carbocycles. The number of aryl methyl sites for hydroxylation is 1. The van der Waals surface area contributed by atoms with Crippen LogP contribution in [0, 0.1) is 0 Å². The van der Waals surface area contributed by atoms with Gasteiger partial charge in [0.05, 0.1) is 13.2 Å². The lowest BCUT2D eigenvalue weighted by Crippen LogP contribution is -2.47. The normalized spacial score (nSPS) is 17.6. The number of piperazine rings is 1. The first-order valence-electron chi connectivity index (χ1n) is 7.70. The summed E-state index contributed by atoms with van der Waals surface area (Å²) in [6.45, 7) is 7.32. The Kier molecular flexibility index (Phi) is 4.80. The van der Waals surface area contributed by atoms with Crippen LogP contribution in [0.4, 0.5) is 0 Å². The van der Waals surface area contributed by atoms with Crippen LogP contribution in [0.1, 0.15) is 6.42 Å². The van der Waals surface area contributed by atoms with Gasteiger partial charge in [0.25, 0.3) is 0 Å². The molecule has 3 rings (SSSR count). The van der Waals surface area contributed by atoms with Crippen molar-refractivity contribution in [2.24, 2.45) is 0 Å². The van der Waals surface area contributed by atoms with Crippen LogP contribution in [0.25, 0.3) is 11.0 Å². The first-order chi connectivity index (χ1) is 10.3. The summed E-state index contributed by atoms with van der Waals surface area (Å²) in [5.41, 5.74) is 1.94. The van der Waals surface area contributed by atoms with E-state index in [0.29, 0.717) is 0 Å². The smallest absolute Gasteiger partial charge is 0.113 e. The Labute approximate surface area is 125 Å². The molecule has 1 fully saturated rings. The van der Waals surface area contributed by atoms with E-state index >= 15 is 0 Å². The molecule has 2 aromatic rings. The van der Waals surface area contributed by atoms with Crippen molar-refractivity contribution in [3.63, 3.8) is 0 Å². The lowest BCUT2D eigenvalue weighted by molar-refractivity contribution is 0.110. The fourth-order valence-electron chi connectivity index (χ4n) is 2.82. The summed E-state index contributed by atoms with van der Waals surface area (Å²) >= 11 is 0. The van der Waals surface area contributed by atoms with Crippen molar-refractivity contribution in [1.82, 2.24) is 24.8 Å². The molecule has 0 radical (unpaired) electrons. The van der Waals surface area contributed by atoms with Gasteiger partial charge in [-0.3, -0.25) is 4.90 Å². The summed E-state index contributed by atoms with van der Waals surface area (Å²) in [5, 5.41) is 17.9. The van der Waals surface area contributed by atoms with Gasteiger partial charge in [0.15, 0.2) is 0 Å². The average Bonchev–Trinajstić information content (AvgIpc) is 2.92. The molecule has 0 unspecified atom stereocenters. The van der Waals surface area contributed by atoms with Gasteiger partial charge < -0.3 is 10.0 Å². The van der Waals surface area contributed by atoms with Crippen LogP contribution in [0.5, 0.6) is 0 Å². The van der Waals surface area contributed by atoms with Gasteiger partial charge in [0.1, 0.15) is 11.0 Å². The summed E-state index contributed by atoms with van der Waals surface area (Å²) in [5.74, 6) is 0. The highest BCUT2D eigenvalue weighted by Gasteiger charge is 2.15. The summed E-state index contributed by atoms with van der Waals surface area (Å²) in [4.78, 5) is 6.61. The van der Waals surface area contributed by atoms with Gasteiger partial charge in [-0.05, 0) is 18.6 Å². The fourth-order valence-corrected chi connectivity index (χ4v) is 2.82. The molecule has 1 aromatic heterocycles. The molecule has 2 heterocycles. The number of benzene rings is 1. The topological polar surface area (TPSA) is 57.4 Å². The van der Waals surface area contributed by atoms with E-state index < -0.39 is 0 Å². The van der Waals surface area contributed by atoms with Gasteiger partial charge in [-0.15, -0.1) is 0 Å². The number of hydrogen-bond acceptors (Lipinski definition) is 5. The molecule has 0 spiro atoms. The third-order valence-corrected chi connectivity index (χ3v) is 4.04. The molecule has 1 aliphatic rings. The Morgan fingerprint density at radius 2 is 1.43 bits per heavy atom. The minimum Gasteiger partial charge on any atom is -0.395 e. The van der Waals surface area contributed by atoms with E-state index in [0.717, 1.165) is 63.3 Å². The maximum absolute atomic E-state index is 8.94. The molecule has 21 heavy (non-hydrogen) atoms. The van der Waals surface area contributed by atoms with Crippen molar-refractivity contribution in [3.05, 3.63) is 24.3 Å². The van der Waals surface area contributed by atoms with Gasteiger partial charge in [0.2, 0.25) is 0 Å². The van der Waals surface area contributed by atoms with Crippen LogP contribution >= 0.6 is 0 Å². The molecule has 1 aliphatic heterocycles. The first kappa shape index (κ1) is 14.4. The Hall–Kier alpha value is -1.50. The van der Waals surface area contributed by atoms with Crippen molar-refractivity contribution in [2.75, 3.05) is 45.9 Å². The van der Waals surface area contributed by atoms with Crippen molar-refractivity contribution >= 4 is 11.0 Å². The highest BCUT2D eigenvalue weighted by atomic mass is 16.3. The van der Waals surface area contributed by atoms with Crippen molar-refractivity contribution in [3.8, 4) is 0 Å². The minimum atomic E-state index is 0.262. The van der Waals surface area contributed by atoms with Gasteiger partial charge in [-0.2, -0.15) is 15.0 Å². The molecule has 1 aromatic carbocycles. The Morgan fingerprint density at radius 1 is 0.857 bits per heavy atom. The standard InChI is InChI=1S/C15H23N5O/c21-13-12-19-10-8-18(9-11-19)6-3-7-20-16-14-4-1-2-5-15(14)17-20/h1-2,4-5,21H,3,6-13H2. The first-order valence-corrected chi connectivity index (χ1v) is 7.70. The number of aliphatic hydroxyl groups is 1. The number of rotatable bonds is 6. The second-order valence-corrected chi connectivity index (χ2v) is 5.55. The van der Waals surface area contributed by atoms with Crippen LogP contribution in [-0.4, -0.2) is 75.8 Å². The second kappa shape index (κ2) is 6.98. The van der Waals surface area contributed by atoms with Gasteiger partial charge in [0, 0.05) is 39.3 Å². The number of hydrogen-bond donors (Lipinski definition) is 1. The molecule has 0 atom stereocenters. The number of aromatic nitrogens is 3.